The molecule has 7 heteroatoms. The molecule has 1 aliphatic carbocycles. The second-order valence-corrected chi connectivity index (χ2v) is 6.69. The average molecular weight is 338 g/mol. The molecule has 130 valence electrons. The molecule has 3 aromatic rings. The Hall–Kier alpha value is -2.51. The first kappa shape index (κ1) is 16.0. The number of rotatable bonds is 4. The second-order valence-electron chi connectivity index (χ2n) is 6.69. The summed E-state index contributed by atoms with van der Waals surface area (Å²) in [5.74, 6) is 0.369. The highest BCUT2D eigenvalue weighted by molar-refractivity contribution is 5.81. The minimum absolute atomic E-state index is 0.0532. The maximum Gasteiger partial charge on any atom is 0.165 e. The Balaban J connectivity index is 1.54. The fourth-order valence-corrected chi connectivity index (χ4v) is 3.83. The smallest absolute Gasteiger partial charge is 0.165 e. The van der Waals surface area contributed by atoms with E-state index in [0.717, 1.165) is 19.4 Å². The predicted molar refractivity (Wildman–Crippen MR) is 95.7 cm³/mol. The van der Waals surface area contributed by atoms with Crippen LogP contribution in [0.25, 0.3) is 11.2 Å². The molecule has 0 bridgehead atoms. The van der Waals surface area contributed by atoms with Crippen molar-refractivity contribution in [1.82, 2.24) is 24.4 Å². The van der Waals surface area contributed by atoms with Gasteiger partial charge in [0.25, 0.3) is 0 Å². The Labute approximate surface area is 146 Å². The number of benzene rings is 1. The number of nitrogens with zero attached hydrogens (tertiary/aromatic N) is 5. The zero-order valence-electron chi connectivity index (χ0n) is 14.2. The van der Waals surface area contributed by atoms with Crippen LogP contribution in [-0.2, 0) is 6.54 Å². The van der Waals surface area contributed by atoms with Crippen molar-refractivity contribution in [2.24, 2.45) is 0 Å². The van der Waals surface area contributed by atoms with E-state index >= 15 is 0 Å². The van der Waals surface area contributed by atoms with Gasteiger partial charge in [0.15, 0.2) is 11.5 Å². The molecule has 1 aromatic carbocycles. The van der Waals surface area contributed by atoms with Crippen LogP contribution in [0.3, 0.4) is 0 Å². The van der Waals surface area contributed by atoms with Crippen molar-refractivity contribution in [2.75, 3.05) is 12.8 Å². The topological polar surface area (TPSA) is 93.1 Å². The van der Waals surface area contributed by atoms with Crippen molar-refractivity contribution >= 4 is 17.0 Å². The molecule has 0 aliphatic heterocycles. The molecule has 3 N–H and O–H groups in total. The fourth-order valence-electron chi connectivity index (χ4n) is 3.83. The molecule has 1 fully saturated rings. The second kappa shape index (κ2) is 6.42. The molecule has 1 saturated carbocycles. The Morgan fingerprint density at radius 3 is 2.80 bits per heavy atom. The van der Waals surface area contributed by atoms with Crippen LogP contribution in [0.2, 0.25) is 0 Å². The van der Waals surface area contributed by atoms with Gasteiger partial charge in [-0.15, -0.1) is 0 Å². The highest BCUT2D eigenvalue weighted by atomic mass is 16.3. The maximum absolute atomic E-state index is 10.9. The highest BCUT2D eigenvalue weighted by Crippen LogP contribution is 2.35. The number of likely N-dealkylation sites (N-methyl/N-ethyl adjacent to an activating group) is 1. The van der Waals surface area contributed by atoms with Gasteiger partial charge in [-0.1, -0.05) is 30.3 Å². The van der Waals surface area contributed by atoms with Gasteiger partial charge in [-0.3, -0.25) is 4.90 Å². The number of hydrogen-bond donors (Lipinski definition) is 2. The zero-order valence-corrected chi connectivity index (χ0v) is 14.2. The summed E-state index contributed by atoms with van der Waals surface area (Å²) in [7, 11) is 2.06. The van der Waals surface area contributed by atoms with Crippen molar-refractivity contribution in [3.8, 4) is 0 Å². The lowest BCUT2D eigenvalue weighted by Crippen LogP contribution is -2.39. The van der Waals surface area contributed by atoms with Crippen LogP contribution in [0.15, 0.2) is 43.0 Å². The van der Waals surface area contributed by atoms with E-state index in [9.17, 15) is 5.11 Å². The van der Waals surface area contributed by atoms with Crippen LogP contribution < -0.4 is 5.73 Å². The van der Waals surface area contributed by atoms with E-state index in [-0.39, 0.29) is 12.1 Å². The lowest BCUT2D eigenvalue weighted by molar-refractivity contribution is 0.0581. The molecule has 0 radical (unpaired) electrons. The first-order valence-corrected chi connectivity index (χ1v) is 8.50. The molecule has 25 heavy (non-hydrogen) atoms. The van der Waals surface area contributed by atoms with Crippen LogP contribution >= 0.6 is 0 Å². The van der Waals surface area contributed by atoms with Crippen molar-refractivity contribution in [2.45, 2.75) is 37.6 Å². The predicted octanol–water partition coefficient (Wildman–Crippen LogP) is 1.60. The van der Waals surface area contributed by atoms with Crippen LogP contribution in [0.1, 0.15) is 24.4 Å². The quantitative estimate of drug-likeness (QED) is 0.751. The van der Waals surface area contributed by atoms with Crippen LogP contribution in [-0.4, -0.2) is 48.7 Å². The van der Waals surface area contributed by atoms with Crippen LogP contribution in [0, 0.1) is 0 Å². The van der Waals surface area contributed by atoms with E-state index in [4.69, 9.17) is 5.73 Å². The number of aliphatic hydroxyl groups is 1. The lowest BCUT2D eigenvalue weighted by atomic mass is 10.1. The summed E-state index contributed by atoms with van der Waals surface area (Å²) in [4.78, 5) is 14.8. The highest BCUT2D eigenvalue weighted by Gasteiger charge is 2.38. The first-order valence-electron chi connectivity index (χ1n) is 8.50. The average Bonchev–Trinajstić information content (AvgIpc) is 3.20. The van der Waals surface area contributed by atoms with E-state index in [0.29, 0.717) is 17.0 Å². The Morgan fingerprint density at radius 2 is 2.00 bits per heavy atom. The van der Waals surface area contributed by atoms with E-state index in [1.165, 1.54) is 11.9 Å². The van der Waals surface area contributed by atoms with Crippen molar-refractivity contribution in [3.63, 3.8) is 0 Å². The van der Waals surface area contributed by atoms with Gasteiger partial charge >= 0.3 is 0 Å². The summed E-state index contributed by atoms with van der Waals surface area (Å²) in [6.45, 7) is 0.815. The van der Waals surface area contributed by atoms with Gasteiger partial charge in [0.2, 0.25) is 0 Å². The molecule has 0 unspecified atom stereocenters. The van der Waals surface area contributed by atoms with Crippen LogP contribution in [0.5, 0.6) is 0 Å². The van der Waals surface area contributed by atoms with E-state index in [1.807, 2.05) is 22.8 Å². The summed E-state index contributed by atoms with van der Waals surface area (Å²) < 4.78 is 1.94. The van der Waals surface area contributed by atoms with Crippen molar-refractivity contribution in [3.05, 3.63) is 48.5 Å². The standard InChI is InChI=1S/C18H22N6O/c1-23(9-12-5-3-2-4-6-12)13-7-8-14(16(13)25)24-11-22-15-17(19)20-10-21-18(15)24/h2-6,10-11,13-14,16,25H,7-9H2,1H3,(H2,19,20,21)/t13-,14-,16-/m1/s1. The molecule has 0 amide bonds. The number of aliphatic hydroxyl groups excluding tert-OH is 1. The number of nitrogens with two attached hydrogens (primary N) is 1. The number of aromatic nitrogens is 4. The molecule has 2 aromatic heterocycles. The van der Waals surface area contributed by atoms with Crippen molar-refractivity contribution in [1.29, 1.82) is 0 Å². The van der Waals surface area contributed by atoms with Crippen LogP contribution in [0.4, 0.5) is 5.82 Å². The SMILES string of the molecule is CN(Cc1ccccc1)[C@@H]1CC[C@@H](n2cnc3c(N)ncnc32)[C@@H]1O. The zero-order chi connectivity index (χ0) is 17.4. The third kappa shape index (κ3) is 2.85. The number of imidazole rings is 1. The number of fused-ring (bicyclic) bond motifs is 1. The van der Waals surface area contributed by atoms with Gasteiger partial charge in [0, 0.05) is 12.6 Å². The molecular formula is C18H22N6O. The minimum Gasteiger partial charge on any atom is -0.389 e. The fraction of sp³-hybridized carbons (Fsp3) is 0.389. The van der Waals surface area contributed by atoms with Crippen molar-refractivity contribution < 1.29 is 5.11 Å². The monoisotopic (exact) mass is 338 g/mol. The van der Waals surface area contributed by atoms with Gasteiger partial charge in [-0.25, -0.2) is 15.0 Å². The largest absolute Gasteiger partial charge is 0.389 e. The first-order chi connectivity index (χ1) is 12.1. The van der Waals surface area contributed by atoms with Gasteiger partial charge in [-0.2, -0.15) is 0 Å². The molecule has 0 spiro atoms. The van der Waals surface area contributed by atoms with Gasteiger partial charge in [0.05, 0.1) is 18.5 Å². The normalized spacial score (nSPS) is 23.6. The number of hydrogen-bond acceptors (Lipinski definition) is 6. The number of nitrogen functional groups attached to an aromatic ring is 1. The maximum atomic E-state index is 10.9. The lowest BCUT2D eigenvalue weighted by Gasteiger charge is -2.29. The molecular weight excluding hydrogens is 316 g/mol. The Morgan fingerprint density at radius 1 is 1.20 bits per heavy atom. The number of anilines is 1. The van der Waals surface area contributed by atoms with Gasteiger partial charge < -0.3 is 15.4 Å². The van der Waals surface area contributed by atoms with Gasteiger partial charge in [-0.05, 0) is 25.5 Å². The molecule has 0 saturated heterocycles. The Bertz CT molecular complexity index is 864. The summed E-state index contributed by atoms with van der Waals surface area (Å²) in [5.41, 5.74) is 8.39. The molecule has 2 heterocycles. The van der Waals surface area contributed by atoms with E-state index in [1.54, 1.807) is 6.33 Å². The summed E-state index contributed by atoms with van der Waals surface area (Å²) >= 11 is 0. The van der Waals surface area contributed by atoms with E-state index in [2.05, 4.69) is 39.0 Å². The van der Waals surface area contributed by atoms with E-state index < -0.39 is 6.10 Å². The third-order valence-electron chi connectivity index (χ3n) is 5.13. The third-order valence-corrected chi connectivity index (χ3v) is 5.13. The summed E-state index contributed by atoms with van der Waals surface area (Å²) in [5, 5.41) is 10.9. The van der Waals surface area contributed by atoms with Gasteiger partial charge in [0.1, 0.15) is 11.8 Å². The molecule has 4 rings (SSSR count). The molecule has 1 aliphatic rings. The molecule has 3 atom stereocenters. The molecule has 7 nitrogen and oxygen atoms in total. The Kier molecular flexibility index (Phi) is 4.10. The summed E-state index contributed by atoms with van der Waals surface area (Å²) in [6.07, 6.45) is 4.47. The minimum atomic E-state index is -0.484. The summed E-state index contributed by atoms with van der Waals surface area (Å²) in [6, 6.07) is 10.4.